The Balaban J connectivity index is 0.00000370. The number of aryl methyl sites for hydroxylation is 2. The highest BCUT2D eigenvalue weighted by molar-refractivity contribution is 7.15. The molecule has 2 aromatic carbocycles. The largest absolute Gasteiger partial charge is 0.392 e. The monoisotopic (exact) mass is 594 g/mol. The molecule has 0 saturated carbocycles. The zero-order valence-electron chi connectivity index (χ0n) is 22.2. The number of hydrogen-bond acceptors (Lipinski definition) is 7. The number of thiophene rings is 1. The number of hydrogen-bond donors (Lipinski definition) is 3. The van der Waals surface area contributed by atoms with E-state index in [1.54, 1.807) is 29.5 Å². The molecule has 2 aromatic heterocycles. The van der Waals surface area contributed by atoms with Gasteiger partial charge in [0.1, 0.15) is 16.9 Å². The number of carbonyl (C=O) groups is 1. The van der Waals surface area contributed by atoms with Crippen LogP contribution in [0.1, 0.15) is 56.8 Å². The molecular weight excluding hydrogens is 567 g/mol. The maximum absolute atomic E-state index is 13.3. The Morgan fingerprint density at radius 3 is 2.62 bits per heavy atom. The summed E-state index contributed by atoms with van der Waals surface area (Å²) in [6.07, 6.45) is 0.0470. The number of anilines is 1. The third-order valence-corrected chi connectivity index (χ3v) is 8.06. The van der Waals surface area contributed by atoms with E-state index in [9.17, 15) is 9.90 Å². The fourth-order valence-electron chi connectivity index (χ4n) is 4.59. The highest BCUT2D eigenvalue weighted by Crippen LogP contribution is 2.39. The molecule has 1 aliphatic rings. The zero-order valence-corrected chi connectivity index (χ0v) is 24.5. The van der Waals surface area contributed by atoms with Gasteiger partial charge in [0.2, 0.25) is 5.91 Å². The molecule has 4 N–H and O–H groups in total. The van der Waals surface area contributed by atoms with E-state index in [-0.39, 0.29) is 37.9 Å². The maximum atomic E-state index is 13.3. The van der Waals surface area contributed by atoms with Gasteiger partial charge in [-0.05, 0) is 62.2 Å². The van der Waals surface area contributed by atoms with Crippen molar-refractivity contribution < 1.29 is 9.90 Å². The summed E-state index contributed by atoms with van der Waals surface area (Å²) in [7, 11) is 0. The van der Waals surface area contributed by atoms with Crippen LogP contribution in [0.5, 0.6) is 0 Å². The average molecular weight is 596 g/mol. The van der Waals surface area contributed by atoms with E-state index < -0.39 is 6.04 Å². The molecule has 206 valence electrons. The number of fused-ring (bicyclic) bond motifs is 3. The van der Waals surface area contributed by atoms with Gasteiger partial charge < -0.3 is 16.2 Å². The predicted octanol–water partition coefficient (Wildman–Crippen LogP) is 5.05. The van der Waals surface area contributed by atoms with Crippen LogP contribution in [0.3, 0.4) is 0 Å². The van der Waals surface area contributed by atoms with Gasteiger partial charge in [0, 0.05) is 32.3 Å². The summed E-state index contributed by atoms with van der Waals surface area (Å²) >= 11 is 7.84. The zero-order chi connectivity index (χ0) is 27.7. The normalized spacial score (nSPS) is 13.7. The Kier molecular flexibility index (Phi) is 9.08. The Morgan fingerprint density at radius 1 is 1.18 bits per heavy atom. The second-order valence-corrected chi connectivity index (χ2v) is 10.8. The minimum absolute atomic E-state index is 0. The van der Waals surface area contributed by atoms with E-state index in [2.05, 4.69) is 41.2 Å². The Labute approximate surface area is 247 Å². The Bertz CT molecular complexity index is 1660. The van der Waals surface area contributed by atoms with Crippen LogP contribution >= 0.6 is 35.3 Å². The lowest BCUT2D eigenvalue weighted by Gasteiger charge is -2.14. The molecule has 0 bridgehead atoms. The van der Waals surface area contributed by atoms with Crippen molar-refractivity contribution in [1.29, 1.82) is 0 Å². The number of nitrogens with one attached hydrogen (secondary N) is 1. The first-order valence-electron chi connectivity index (χ1n) is 12.4. The molecule has 8 nitrogen and oxygen atoms in total. The smallest absolute Gasteiger partial charge is 0.227 e. The third-order valence-electron chi connectivity index (χ3n) is 6.62. The van der Waals surface area contributed by atoms with Crippen LogP contribution in [0.2, 0.25) is 5.02 Å². The lowest BCUT2D eigenvalue weighted by atomic mass is 9.99. The fourth-order valence-corrected chi connectivity index (χ4v) is 5.93. The average Bonchev–Trinajstić information content (AvgIpc) is 3.40. The number of halogens is 2. The van der Waals surface area contributed by atoms with Gasteiger partial charge in [-0.25, -0.2) is 0 Å². The number of carbonyl (C=O) groups excluding carboxylic acids is 1. The lowest BCUT2D eigenvalue weighted by molar-refractivity contribution is -0.116. The van der Waals surface area contributed by atoms with Crippen molar-refractivity contribution >= 4 is 52.7 Å². The van der Waals surface area contributed by atoms with Gasteiger partial charge in [-0.1, -0.05) is 35.6 Å². The van der Waals surface area contributed by atoms with E-state index in [0.717, 1.165) is 33.2 Å². The molecule has 1 amide bonds. The van der Waals surface area contributed by atoms with Crippen LogP contribution in [-0.4, -0.2) is 38.0 Å². The number of nitrogens with two attached hydrogens (primary N) is 1. The van der Waals surface area contributed by atoms with Gasteiger partial charge in [-0.3, -0.25) is 14.4 Å². The van der Waals surface area contributed by atoms with Crippen LogP contribution in [0.25, 0.3) is 5.00 Å². The van der Waals surface area contributed by atoms with Crippen LogP contribution < -0.4 is 11.1 Å². The number of aliphatic hydroxyl groups excluding tert-OH is 1. The summed E-state index contributed by atoms with van der Waals surface area (Å²) in [6.45, 7) is 6.09. The standard InChI is InChI=1S/C29H27ClN6O2S.ClH/c1-16-17(2)39-29-26(16)27(20-6-9-22(30)10-7-20)33-24(28-35-34-18(3)36(28)29)14-25(38)32-23-11-8-19(5-4-12-31)21(13-23)15-37;/h6-11,13,24,37H,12,14-15,31H2,1-3H3,(H,32,38);1H. The van der Waals surface area contributed by atoms with Crippen LogP contribution in [0.15, 0.2) is 47.5 Å². The number of nitrogens with zero attached hydrogens (tertiary/aromatic N) is 4. The van der Waals surface area contributed by atoms with Gasteiger partial charge >= 0.3 is 0 Å². The third kappa shape index (κ3) is 5.68. The topological polar surface area (TPSA) is 118 Å². The van der Waals surface area contributed by atoms with Crippen LogP contribution in [0, 0.1) is 32.6 Å². The first-order chi connectivity index (χ1) is 18.8. The summed E-state index contributed by atoms with van der Waals surface area (Å²) in [5.74, 6) is 6.82. The van der Waals surface area contributed by atoms with Crippen LogP contribution in [0.4, 0.5) is 5.69 Å². The van der Waals surface area contributed by atoms with Crippen molar-refractivity contribution in [1.82, 2.24) is 14.8 Å². The molecule has 0 saturated heterocycles. The molecular formula is C29H28Cl2N6O2S. The minimum atomic E-state index is -0.580. The highest BCUT2D eigenvalue weighted by Gasteiger charge is 2.32. The highest BCUT2D eigenvalue weighted by atomic mass is 35.5. The minimum Gasteiger partial charge on any atom is -0.392 e. The molecule has 0 aliphatic carbocycles. The summed E-state index contributed by atoms with van der Waals surface area (Å²) in [5, 5.41) is 23.1. The van der Waals surface area contributed by atoms with E-state index in [0.29, 0.717) is 27.7 Å². The van der Waals surface area contributed by atoms with Crippen molar-refractivity contribution in [3.05, 3.63) is 91.8 Å². The van der Waals surface area contributed by atoms with E-state index in [1.165, 1.54) is 4.88 Å². The van der Waals surface area contributed by atoms with E-state index >= 15 is 0 Å². The number of amides is 1. The summed E-state index contributed by atoms with van der Waals surface area (Å²) < 4.78 is 2.01. The summed E-state index contributed by atoms with van der Waals surface area (Å²) in [6, 6.07) is 12.2. The first-order valence-corrected chi connectivity index (χ1v) is 13.6. The summed E-state index contributed by atoms with van der Waals surface area (Å²) in [4.78, 5) is 19.6. The molecule has 5 rings (SSSR count). The number of rotatable bonds is 5. The Hall–Kier alpha value is -3.52. The Morgan fingerprint density at radius 2 is 1.93 bits per heavy atom. The van der Waals surface area contributed by atoms with Crippen molar-refractivity contribution in [3.8, 4) is 16.8 Å². The molecule has 3 heterocycles. The molecule has 0 radical (unpaired) electrons. The molecule has 1 aliphatic heterocycles. The first kappa shape index (κ1) is 29.5. The molecule has 1 unspecified atom stereocenters. The van der Waals surface area contributed by atoms with Gasteiger partial charge in [-0.2, -0.15) is 0 Å². The fraction of sp³-hybridized carbons (Fsp3) is 0.241. The maximum Gasteiger partial charge on any atom is 0.227 e. The molecule has 40 heavy (non-hydrogen) atoms. The molecule has 4 aromatic rings. The SMILES string of the molecule is Cc1sc2c(c1C)C(c1ccc(Cl)cc1)=NC(CC(=O)Nc1ccc(C#CCN)c(CO)c1)c1nnc(C)n1-2.Cl. The molecule has 1 atom stereocenters. The van der Waals surface area contributed by atoms with Gasteiger partial charge in [0.05, 0.1) is 25.3 Å². The van der Waals surface area contributed by atoms with E-state index in [4.69, 9.17) is 22.3 Å². The van der Waals surface area contributed by atoms with Gasteiger partial charge in [0.25, 0.3) is 0 Å². The van der Waals surface area contributed by atoms with Crippen molar-refractivity contribution in [2.75, 3.05) is 11.9 Å². The second kappa shape index (κ2) is 12.3. The molecule has 0 fully saturated rings. The van der Waals surface area contributed by atoms with Gasteiger partial charge in [0.15, 0.2) is 5.82 Å². The molecule has 0 spiro atoms. The van der Waals surface area contributed by atoms with Crippen molar-refractivity contribution in [2.45, 2.75) is 39.8 Å². The van der Waals surface area contributed by atoms with E-state index in [1.807, 2.05) is 35.8 Å². The summed E-state index contributed by atoms with van der Waals surface area (Å²) in [5.41, 5.74) is 11.1. The number of benzene rings is 2. The van der Waals surface area contributed by atoms with Crippen molar-refractivity contribution in [3.63, 3.8) is 0 Å². The second-order valence-electron chi connectivity index (χ2n) is 9.19. The molecule has 11 heteroatoms. The predicted molar refractivity (Wildman–Crippen MR) is 162 cm³/mol. The van der Waals surface area contributed by atoms with Gasteiger partial charge in [-0.15, -0.1) is 33.9 Å². The number of aliphatic hydroxyl groups is 1. The number of aliphatic imine (C=N–C) groups is 1. The van der Waals surface area contributed by atoms with Crippen molar-refractivity contribution in [2.24, 2.45) is 10.7 Å². The number of aromatic nitrogens is 3. The quantitative estimate of drug-likeness (QED) is 0.279. The van der Waals surface area contributed by atoms with Crippen LogP contribution in [-0.2, 0) is 11.4 Å². The lowest BCUT2D eigenvalue weighted by Crippen LogP contribution is -2.17.